The summed E-state index contributed by atoms with van der Waals surface area (Å²) < 4.78 is 25.9. The van der Waals surface area contributed by atoms with Gasteiger partial charge in [-0.3, -0.25) is 4.99 Å². The number of hydrogen-bond acceptors (Lipinski definition) is 4. The zero-order valence-corrected chi connectivity index (χ0v) is 15.2. The molecule has 23 heavy (non-hydrogen) atoms. The van der Waals surface area contributed by atoms with Gasteiger partial charge in [-0.25, -0.2) is 12.7 Å². The second-order valence-corrected chi connectivity index (χ2v) is 8.83. The number of guanidine groups is 1. The van der Waals surface area contributed by atoms with Crippen molar-refractivity contribution in [3.05, 3.63) is 29.3 Å². The van der Waals surface area contributed by atoms with E-state index in [0.717, 1.165) is 22.8 Å². The quantitative estimate of drug-likeness (QED) is 0.615. The van der Waals surface area contributed by atoms with Gasteiger partial charge in [-0.15, -0.1) is 0 Å². The van der Waals surface area contributed by atoms with Gasteiger partial charge in [0.1, 0.15) is 0 Å². The van der Waals surface area contributed by atoms with Gasteiger partial charge in [-0.1, -0.05) is 6.07 Å². The Kier molecular flexibility index (Phi) is 6.32. The van der Waals surface area contributed by atoms with E-state index in [-0.39, 0.29) is 18.3 Å². The molecule has 1 aromatic carbocycles. The zero-order chi connectivity index (χ0) is 16.9. The first-order valence-corrected chi connectivity index (χ1v) is 10.3. The highest BCUT2D eigenvalue weighted by Gasteiger charge is 2.23. The van der Waals surface area contributed by atoms with Crippen LogP contribution in [0, 0.1) is 13.8 Å². The Bertz CT molecular complexity index is 668. The first-order chi connectivity index (χ1) is 10.9. The number of nitrogens with zero attached hydrogens (tertiary/aromatic N) is 2. The van der Waals surface area contributed by atoms with E-state index in [0.29, 0.717) is 13.1 Å². The summed E-state index contributed by atoms with van der Waals surface area (Å²) in [5.41, 5.74) is 9.05. The summed E-state index contributed by atoms with van der Waals surface area (Å²) in [5, 5.41) is 2.99. The minimum Gasteiger partial charge on any atom is -0.370 e. The topological polar surface area (TPSA) is 87.8 Å². The van der Waals surface area contributed by atoms with E-state index in [1.165, 1.54) is 5.56 Å². The summed E-state index contributed by atoms with van der Waals surface area (Å²) in [6, 6.07) is 5.91. The van der Waals surface area contributed by atoms with Crippen LogP contribution in [0.1, 0.15) is 11.1 Å². The fourth-order valence-electron chi connectivity index (χ4n) is 2.24. The highest BCUT2D eigenvalue weighted by molar-refractivity contribution is 7.99. The fourth-order valence-corrected chi connectivity index (χ4v) is 4.70. The molecule has 128 valence electrons. The molecule has 1 aromatic rings. The molecular formula is C15H24N4O2S2. The minimum absolute atomic E-state index is 0.00697. The van der Waals surface area contributed by atoms with Gasteiger partial charge in [-0.05, 0) is 37.1 Å². The Labute approximate surface area is 142 Å². The Morgan fingerprint density at radius 1 is 1.30 bits per heavy atom. The van der Waals surface area contributed by atoms with Crippen LogP contribution >= 0.6 is 11.8 Å². The molecule has 2 rings (SSSR count). The molecule has 0 radical (unpaired) electrons. The van der Waals surface area contributed by atoms with Crippen LogP contribution < -0.4 is 11.1 Å². The smallest absolute Gasteiger partial charge is 0.215 e. The van der Waals surface area contributed by atoms with Crippen LogP contribution in [0.4, 0.5) is 5.69 Å². The lowest BCUT2D eigenvalue weighted by Gasteiger charge is -2.25. The SMILES string of the molecule is Cc1ccc(NC(N)=NCCS(=O)(=O)N2CCSCC2)cc1C. The monoisotopic (exact) mass is 356 g/mol. The summed E-state index contributed by atoms with van der Waals surface area (Å²) in [4.78, 5) is 4.12. The third kappa shape index (κ3) is 5.40. The summed E-state index contributed by atoms with van der Waals surface area (Å²) in [5.74, 6) is 1.95. The van der Waals surface area contributed by atoms with Crippen LogP contribution in [0.3, 0.4) is 0 Å². The third-order valence-electron chi connectivity index (χ3n) is 3.77. The number of hydrogen-bond donors (Lipinski definition) is 2. The number of aliphatic imine (C=N–C) groups is 1. The van der Waals surface area contributed by atoms with Gasteiger partial charge in [0, 0.05) is 30.3 Å². The van der Waals surface area contributed by atoms with Crippen LogP contribution in [0.25, 0.3) is 0 Å². The number of thioether (sulfide) groups is 1. The Morgan fingerprint density at radius 3 is 2.65 bits per heavy atom. The van der Waals surface area contributed by atoms with Gasteiger partial charge < -0.3 is 11.1 Å². The molecule has 0 aromatic heterocycles. The van der Waals surface area contributed by atoms with Crippen LogP contribution in [0.15, 0.2) is 23.2 Å². The van der Waals surface area contributed by atoms with Crippen LogP contribution in [-0.2, 0) is 10.0 Å². The van der Waals surface area contributed by atoms with Crippen LogP contribution in [0.2, 0.25) is 0 Å². The van der Waals surface area contributed by atoms with Gasteiger partial charge >= 0.3 is 0 Å². The minimum atomic E-state index is -3.23. The predicted molar refractivity (Wildman–Crippen MR) is 98.7 cm³/mol. The van der Waals surface area contributed by atoms with E-state index in [4.69, 9.17) is 5.73 Å². The maximum Gasteiger partial charge on any atom is 0.215 e. The lowest BCUT2D eigenvalue weighted by molar-refractivity contribution is 0.444. The van der Waals surface area contributed by atoms with Crippen LogP contribution in [-0.4, -0.2) is 55.6 Å². The average molecular weight is 357 g/mol. The van der Waals surface area contributed by atoms with Gasteiger partial charge in [-0.2, -0.15) is 11.8 Å². The average Bonchev–Trinajstić information content (AvgIpc) is 2.52. The largest absolute Gasteiger partial charge is 0.370 e. The second-order valence-electron chi connectivity index (χ2n) is 5.52. The first kappa shape index (κ1) is 18.1. The summed E-state index contributed by atoms with van der Waals surface area (Å²) >= 11 is 1.78. The van der Waals surface area contributed by atoms with Gasteiger partial charge in [0.15, 0.2) is 5.96 Å². The van der Waals surface area contributed by atoms with Crippen molar-refractivity contribution >= 4 is 33.4 Å². The molecule has 8 heteroatoms. The van der Waals surface area contributed by atoms with Crippen molar-refractivity contribution in [1.82, 2.24) is 4.31 Å². The van der Waals surface area contributed by atoms with E-state index < -0.39 is 10.0 Å². The molecule has 1 aliphatic rings. The number of nitrogens with one attached hydrogen (secondary N) is 1. The molecule has 0 atom stereocenters. The number of anilines is 1. The van der Waals surface area contributed by atoms with Gasteiger partial charge in [0.2, 0.25) is 10.0 Å². The standard InChI is InChI=1S/C15H24N4O2S2/c1-12-3-4-14(11-13(12)2)18-15(16)17-5-10-23(20,21)19-6-8-22-9-7-19/h3-4,11H,5-10H2,1-2H3,(H3,16,17,18). The molecule has 1 saturated heterocycles. The number of nitrogens with two attached hydrogens (primary N) is 1. The van der Waals surface area contributed by atoms with Crippen molar-refractivity contribution in [2.75, 3.05) is 42.2 Å². The molecule has 0 saturated carbocycles. The van der Waals surface area contributed by atoms with Gasteiger partial charge in [0.05, 0.1) is 12.3 Å². The van der Waals surface area contributed by atoms with E-state index in [1.54, 1.807) is 16.1 Å². The number of rotatable bonds is 5. The maximum atomic E-state index is 12.2. The summed E-state index contributed by atoms with van der Waals surface area (Å²) in [6.45, 7) is 5.41. The lowest BCUT2D eigenvalue weighted by Crippen LogP contribution is -2.40. The first-order valence-electron chi connectivity index (χ1n) is 7.58. The molecule has 1 aliphatic heterocycles. The molecule has 0 unspecified atom stereocenters. The second kappa shape index (κ2) is 8.03. The summed E-state index contributed by atoms with van der Waals surface area (Å²) in [6.07, 6.45) is 0. The highest BCUT2D eigenvalue weighted by Crippen LogP contribution is 2.14. The number of sulfonamides is 1. The van der Waals surface area contributed by atoms with E-state index in [9.17, 15) is 8.42 Å². The van der Waals surface area contributed by atoms with E-state index >= 15 is 0 Å². The van der Waals surface area contributed by atoms with Crippen molar-refractivity contribution in [2.24, 2.45) is 10.7 Å². The molecule has 0 amide bonds. The van der Waals surface area contributed by atoms with Crippen molar-refractivity contribution < 1.29 is 8.42 Å². The molecule has 1 heterocycles. The normalized spacial score (nSPS) is 17.2. The Balaban J connectivity index is 1.87. The third-order valence-corrected chi connectivity index (χ3v) is 6.57. The predicted octanol–water partition coefficient (Wildman–Crippen LogP) is 1.41. The number of benzene rings is 1. The highest BCUT2D eigenvalue weighted by atomic mass is 32.2. The van der Waals surface area contributed by atoms with Crippen molar-refractivity contribution in [3.63, 3.8) is 0 Å². The molecule has 0 aliphatic carbocycles. The zero-order valence-electron chi connectivity index (χ0n) is 13.6. The van der Waals surface area contributed by atoms with Crippen LogP contribution in [0.5, 0.6) is 0 Å². The Morgan fingerprint density at radius 2 is 2.00 bits per heavy atom. The summed E-state index contributed by atoms with van der Waals surface area (Å²) in [7, 11) is -3.23. The maximum absolute atomic E-state index is 12.2. The van der Waals surface area contributed by atoms with Crippen molar-refractivity contribution in [1.29, 1.82) is 0 Å². The van der Waals surface area contributed by atoms with E-state index in [1.807, 2.05) is 32.0 Å². The molecule has 1 fully saturated rings. The number of aryl methyl sites for hydroxylation is 2. The molecule has 0 bridgehead atoms. The lowest BCUT2D eigenvalue weighted by atomic mass is 10.1. The fraction of sp³-hybridized carbons (Fsp3) is 0.533. The molecule has 3 N–H and O–H groups in total. The molecule has 6 nitrogen and oxygen atoms in total. The molecule has 0 spiro atoms. The van der Waals surface area contributed by atoms with E-state index in [2.05, 4.69) is 10.3 Å². The van der Waals surface area contributed by atoms with Gasteiger partial charge in [0.25, 0.3) is 0 Å². The Hall–Kier alpha value is -1.25. The van der Waals surface area contributed by atoms with Crippen molar-refractivity contribution in [3.8, 4) is 0 Å². The molecular weight excluding hydrogens is 332 g/mol. The van der Waals surface area contributed by atoms with Crippen molar-refractivity contribution in [2.45, 2.75) is 13.8 Å².